The van der Waals surface area contributed by atoms with Crippen LogP contribution in [0.1, 0.15) is 11.1 Å². The lowest BCUT2D eigenvalue weighted by Crippen LogP contribution is -2.31. The van der Waals surface area contributed by atoms with E-state index in [9.17, 15) is 9.59 Å². The van der Waals surface area contributed by atoms with Crippen LogP contribution in [0.2, 0.25) is 10.0 Å². The first-order chi connectivity index (χ1) is 14.4. The number of carbonyl (C=O) groups is 2. The Hall–Kier alpha value is -2.19. The summed E-state index contributed by atoms with van der Waals surface area (Å²) < 4.78 is 16.2. The Bertz CT molecular complexity index is 995. The summed E-state index contributed by atoms with van der Waals surface area (Å²) in [6.07, 6.45) is 1.60. The second-order valence-corrected chi connectivity index (χ2v) is 8.05. The Morgan fingerprint density at radius 2 is 1.87 bits per heavy atom. The van der Waals surface area contributed by atoms with Gasteiger partial charge in [-0.05, 0) is 41.6 Å². The highest BCUT2D eigenvalue weighted by Crippen LogP contribution is 2.39. The summed E-state index contributed by atoms with van der Waals surface area (Å²) in [7, 11) is 3.01. The van der Waals surface area contributed by atoms with Crippen molar-refractivity contribution in [2.45, 2.75) is 6.61 Å². The maximum absolute atomic E-state index is 12.5. The second-order valence-electron chi connectivity index (χ2n) is 6.24. The maximum Gasteiger partial charge on any atom is 0.293 e. The molecule has 2 amide bonds. The predicted molar refractivity (Wildman–Crippen MR) is 118 cm³/mol. The van der Waals surface area contributed by atoms with Crippen LogP contribution in [0.5, 0.6) is 11.5 Å². The van der Waals surface area contributed by atoms with E-state index < -0.39 is 0 Å². The minimum atomic E-state index is -0.365. The highest BCUT2D eigenvalue weighted by Gasteiger charge is 2.34. The van der Waals surface area contributed by atoms with E-state index in [1.807, 2.05) is 18.2 Å². The van der Waals surface area contributed by atoms with Gasteiger partial charge in [-0.3, -0.25) is 14.5 Å². The molecule has 0 aliphatic carbocycles. The van der Waals surface area contributed by atoms with Crippen molar-refractivity contribution in [3.8, 4) is 11.5 Å². The van der Waals surface area contributed by atoms with Gasteiger partial charge in [0.05, 0.1) is 30.2 Å². The van der Waals surface area contributed by atoms with Crippen LogP contribution < -0.4 is 9.47 Å². The number of hydrogen-bond donors (Lipinski definition) is 0. The number of hydrogen-bond acceptors (Lipinski definition) is 6. The lowest BCUT2D eigenvalue weighted by molar-refractivity contribution is -0.123. The molecule has 6 nitrogen and oxygen atoms in total. The van der Waals surface area contributed by atoms with Gasteiger partial charge in [-0.2, -0.15) is 0 Å². The third-order valence-electron chi connectivity index (χ3n) is 4.27. The van der Waals surface area contributed by atoms with E-state index >= 15 is 0 Å². The SMILES string of the molecule is COCCN1C(=O)S/C(=C/c2cc(Cl)c(OCc3ccccc3Cl)c(OC)c2)C1=O. The van der Waals surface area contributed by atoms with Gasteiger partial charge in [-0.1, -0.05) is 41.4 Å². The van der Waals surface area contributed by atoms with E-state index in [0.29, 0.717) is 32.0 Å². The third-order valence-corrected chi connectivity index (χ3v) is 5.83. The Balaban J connectivity index is 1.82. The van der Waals surface area contributed by atoms with E-state index in [1.165, 1.54) is 14.2 Å². The van der Waals surface area contributed by atoms with Crippen LogP contribution in [-0.2, 0) is 16.1 Å². The van der Waals surface area contributed by atoms with Crippen LogP contribution in [0.15, 0.2) is 41.3 Å². The third kappa shape index (κ3) is 5.10. The molecule has 1 heterocycles. The molecule has 1 saturated heterocycles. The summed E-state index contributed by atoms with van der Waals surface area (Å²) in [6, 6.07) is 10.7. The monoisotopic (exact) mass is 467 g/mol. The van der Waals surface area contributed by atoms with Gasteiger partial charge >= 0.3 is 0 Å². The van der Waals surface area contributed by atoms with Gasteiger partial charge in [-0.25, -0.2) is 0 Å². The van der Waals surface area contributed by atoms with Gasteiger partial charge < -0.3 is 14.2 Å². The van der Waals surface area contributed by atoms with Crippen molar-refractivity contribution in [2.75, 3.05) is 27.4 Å². The smallest absolute Gasteiger partial charge is 0.293 e. The highest BCUT2D eigenvalue weighted by atomic mass is 35.5. The molecule has 2 aromatic rings. The van der Waals surface area contributed by atoms with Gasteiger partial charge in [0.1, 0.15) is 6.61 Å². The largest absolute Gasteiger partial charge is 0.493 e. The first kappa shape index (κ1) is 22.5. The molecule has 0 atom stereocenters. The Morgan fingerprint density at radius 1 is 1.10 bits per heavy atom. The lowest BCUT2D eigenvalue weighted by atomic mass is 10.1. The molecule has 0 N–H and O–H groups in total. The summed E-state index contributed by atoms with van der Waals surface area (Å²) in [5.41, 5.74) is 1.42. The van der Waals surface area contributed by atoms with Crippen molar-refractivity contribution in [1.82, 2.24) is 4.90 Å². The van der Waals surface area contributed by atoms with Crippen LogP contribution in [-0.4, -0.2) is 43.4 Å². The van der Waals surface area contributed by atoms with Crippen LogP contribution in [0.3, 0.4) is 0 Å². The quantitative estimate of drug-likeness (QED) is 0.493. The summed E-state index contributed by atoms with van der Waals surface area (Å²) >= 11 is 13.5. The van der Waals surface area contributed by atoms with Crippen molar-refractivity contribution in [1.29, 1.82) is 0 Å². The number of benzene rings is 2. The number of imide groups is 1. The van der Waals surface area contributed by atoms with Crippen molar-refractivity contribution in [3.63, 3.8) is 0 Å². The number of halogens is 2. The van der Waals surface area contributed by atoms with E-state index in [0.717, 1.165) is 22.2 Å². The summed E-state index contributed by atoms with van der Waals surface area (Å²) in [4.78, 5) is 26.0. The standard InChI is InChI=1S/C21H19Cl2NO5S/c1-27-8-7-24-20(25)18(30-21(24)26)11-13-9-16(23)19(17(10-13)28-2)29-12-14-5-3-4-6-15(14)22/h3-6,9-11H,7-8,12H2,1-2H3/b18-11+. The topological polar surface area (TPSA) is 65.1 Å². The fourth-order valence-electron chi connectivity index (χ4n) is 2.76. The van der Waals surface area contributed by atoms with E-state index in [-0.39, 0.29) is 30.9 Å². The minimum absolute atomic E-state index is 0.206. The van der Waals surface area contributed by atoms with E-state index in [2.05, 4.69) is 0 Å². The zero-order valence-electron chi connectivity index (χ0n) is 16.3. The van der Waals surface area contributed by atoms with Crippen LogP contribution >= 0.6 is 35.0 Å². The van der Waals surface area contributed by atoms with Gasteiger partial charge in [0, 0.05) is 17.7 Å². The Kier molecular flexibility index (Phi) is 7.66. The maximum atomic E-state index is 12.5. The van der Waals surface area contributed by atoms with Crippen molar-refractivity contribution < 1.29 is 23.8 Å². The van der Waals surface area contributed by atoms with E-state index in [1.54, 1.807) is 24.3 Å². The van der Waals surface area contributed by atoms with Crippen LogP contribution in [0.4, 0.5) is 4.79 Å². The number of ether oxygens (including phenoxy) is 3. The highest BCUT2D eigenvalue weighted by molar-refractivity contribution is 8.18. The Morgan fingerprint density at radius 3 is 2.57 bits per heavy atom. The molecule has 0 aromatic heterocycles. The number of thioether (sulfide) groups is 1. The van der Waals surface area contributed by atoms with Gasteiger partial charge in [-0.15, -0.1) is 0 Å². The predicted octanol–water partition coefficient (Wildman–Crippen LogP) is 5.26. The fraction of sp³-hybridized carbons (Fsp3) is 0.238. The lowest BCUT2D eigenvalue weighted by Gasteiger charge is -2.14. The zero-order chi connectivity index (χ0) is 21.7. The first-order valence-electron chi connectivity index (χ1n) is 8.92. The van der Waals surface area contributed by atoms with Crippen molar-refractivity contribution in [2.24, 2.45) is 0 Å². The summed E-state index contributed by atoms with van der Waals surface area (Å²) in [5, 5.41) is 0.570. The molecule has 1 aliphatic heterocycles. The molecule has 1 fully saturated rings. The summed E-state index contributed by atoms with van der Waals surface area (Å²) in [6.45, 7) is 0.702. The average molecular weight is 468 g/mol. The van der Waals surface area contributed by atoms with E-state index in [4.69, 9.17) is 37.4 Å². The Labute approximate surface area is 188 Å². The molecule has 158 valence electrons. The molecule has 1 aliphatic rings. The van der Waals surface area contributed by atoms with Crippen LogP contribution in [0, 0.1) is 0 Å². The molecular formula is C21H19Cl2NO5S. The second kappa shape index (κ2) is 10.2. The normalized spacial score (nSPS) is 15.2. The molecule has 30 heavy (non-hydrogen) atoms. The number of nitrogens with zero attached hydrogens (tertiary/aromatic N) is 1. The number of methoxy groups -OCH3 is 2. The number of amides is 2. The average Bonchev–Trinajstić information content (AvgIpc) is 2.99. The summed E-state index contributed by atoms with van der Waals surface area (Å²) in [5.74, 6) is 0.403. The molecule has 0 bridgehead atoms. The molecule has 9 heteroatoms. The number of rotatable bonds is 8. The van der Waals surface area contributed by atoms with Crippen molar-refractivity contribution >= 4 is 52.2 Å². The van der Waals surface area contributed by atoms with Gasteiger partial charge in [0.25, 0.3) is 11.1 Å². The van der Waals surface area contributed by atoms with Crippen LogP contribution in [0.25, 0.3) is 6.08 Å². The zero-order valence-corrected chi connectivity index (χ0v) is 18.6. The molecule has 0 radical (unpaired) electrons. The molecule has 3 rings (SSSR count). The number of carbonyl (C=O) groups excluding carboxylic acids is 2. The molecule has 0 saturated carbocycles. The molecular weight excluding hydrogens is 449 g/mol. The first-order valence-corrected chi connectivity index (χ1v) is 10.5. The minimum Gasteiger partial charge on any atom is -0.493 e. The molecule has 0 spiro atoms. The molecule has 0 unspecified atom stereocenters. The van der Waals surface area contributed by atoms with Gasteiger partial charge in [0.15, 0.2) is 11.5 Å². The fourth-order valence-corrected chi connectivity index (χ4v) is 4.08. The van der Waals surface area contributed by atoms with Crippen molar-refractivity contribution in [3.05, 3.63) is 62.5 Å². The van der Waals surface area contributed by atoms with Gasteiger partial charge in [0.2, 0.25) is 0 Å². The molecule has 2 aromatic carbocycles.